The lowest BCUT2D eigenvalue weighted by atomic mass is 10.2. The summed E-state index contributed by atoms with van der Waals surface area (Å²) in [6, 6.07) is 15.6. The van der Waals surface area contributed by atoms with Crippen molar-refractivity contribution in [2.75, 3.05) is 12.4 Å². The van der Waals surface area contributed by atoms with Crippen LogP contribution in [0.15, 0.2) is 48.5 Å². The Bertz CT molecular complexity index is 499. The number of para-hydroxylation sites is 2. The molecule has 2 aromatic carbocycles. The van der Waals surface area contributed by atoms with E-state index in [9.17, 15) is 0 Å². The Morgan fingerprint density at radius 3 is 2.53 bits per heavy atom. The lowest BCUT2D eigenvalue weighted by Crippen LogP contribution is -2.01. The second-order valence-corrected chi connectivity index (χ2v) is 4.05. The van der Waals surface area contributed by atoms with Crippen molar-refractivity contribution in [1.82, 2.24) is 0 Å². The fraction of sp³-hybridized carbons (Fsp3) is 0.143. The molecule has 0 aliphatic heterocycles. The third-order valence-corrected chi connectivity index (χ3v) is 2.87. The second-order valence-electron chi connectivity index (χ2n) is 3.65. The molecule has 0 spiro atoms. The molecule has 2 nitrogen and oxygen atoms in total. The van der Waals surface area contributed by atoms with E-state index in [2.05, 4.69) is 5.32 Å². The zero-order valence-electron chi connectivity index (χ0n) is 9.61. The van der Waals surface area contributed by atoms with Gasteiger partial charge in [-0.1, -0.05) is 41.9 Å². The standard InChI is InChI=1S/C14H14ClNO/c1-17-14-9-5-2-6-11(14)10-16-13-8-4-3-7-12(13)15/h2-9,16H,10H2,1H3. The zero-order chi connectivity index (χ0) is 12.1. The first kappa shape index (κ1) is 11.8. The van der Waals surface area contributed by atoms with E-state index >= 15 is 0 Å². The monoisotopic (exact) mass is 247 g/mol. The summed E-state index contributed by atoms with van der Waals surface area (Å²) in [5, 5.41) is 4.02. The molecule has 0 aromatic heterocycles. The third kappa shape index (κ3) is 2.92. The van der Waals surface area contributed by atoms with Crippen molar-refractivity contribution >= 4 is 17.3 Å². The van der Waals surface area contributed by atoms with Gasteiger partial charge in [0.2, 0.25) is 0 Å². The SMILES string of the molecule is COc1ccccc1CNc1ccccc1Cl. The minimum Gasteiger partial charge on any atom is -0.496 e. The summed E-state index contributed by atoms with van der Waals surface area (Å²) >= 11 is 6.07. The van der Waals surface area contributed by atoms with Gasteiger partial charge in [0.15, 0.2) is 0 Å². The van der Waals surface area contributed by atoms with Crippen LogP contribution >= 0.6 is 11.6 Å². The van der Waals surface area contributed by atoms with Crippen LogP contribution in [-0.4, -0.2) is 7.11 Å². The molecule has 0 radical (unpaired) electrons. The van der Waals surface area contributed by atoms with E-state index in [-0.39, 0.29) is 0 Å². The maximum absolute atomic E-state index is 6.07. The molecule has 2 rings (SSSR count). The number of rotatable bonds is 4. The van der Waals surface area contributed by atoms with Crippen LogP contribution in [0, 0.1) is 0 Å². The van der Waals surface area contributed by atoms with Crippen molar-refractivity contribution in [3.63, 3.8) is 0 Å². The fourth-order valence-electron chi connectivity index (χ4n) is 1.64. The first-order chi connectivity index (χ1) is 8.31. The summed E-state index contributed by atoms with van der Waals surface area (Å²) in [5.41, 5.74) is 2.04. The number of halogens is 1. The van der Waals surface area contributed by atoms with Crippen molar-refractivity contribution in [1.29, 1.82) is 0 Å². The van der Waals surface area contributed by atoms with Gasteiger partial charge in [0.05, 0.1) is 17.8 Å². The fourth-order valence-corrected chi connectivity index (χ4v) is 1.85. The minimum atomic E-state index is 0.688. The Balaban J connectivity index is 2.10. The minimum absolute atomic E-state index is 0.688. The van der Waals surface area contributed by atoms with Gasteiger partial charge < -0.3 is 10.1 Å². The number of methoxy groups -OCH3 is 1. The van der Waals surface area contributed by atoms with Gasteiger partial charge >= 0.3 is 0 Å². The lowest BCUT2D eigenvalue weighted by molar-refractivity contribution is 0.410. The highest BCUT2D eigenvalue weighted by molar-refractivity contribution is 6.33. The molecule has 2 aromatic rings. The Morgan fingerprint density at radius 1 is 1.06 bits per heavy atom. The van der Waals surface area contributed by atoms with Crippen LogP contribution in [0.25, 0.3) is 0 Å². The van der Waals surface area contributed by atoms with Crippen molar-refractivity contribution < 1.29 is 4.74 Å². The summed E-state index contributed by atoms with van der Waals surface area (Å²) in [6.45, 7) is 0.688. The average Bonchev–Trinajstić information content (AvgIpc) is 2.38. The molecule has 88 valence electrons. The Hall–Kier alpha value is -1.67. The van der Waals surface area contributed by atoms with Crippen LogP contribution in [0.2, 0.25) is 5.02 Å². The summed E-state index contributed by atoms with van der Waals surface area (Å²) in [7, 11) is 1.67. The van der Waals surface area contributed by atoms with Gasteiger partial charge in [-0.15, -0.1) is 0 Å². The maximum atomic E-state index is 6.07. The van der Waals surface area contributed by atoms with Crippen LogP contribution < -0.4 is 10.1 Å². The van der Waals surface area contributed by atoms with Crippen molar-refractivity contribution in [2.24, 2.45) is 0 Å². The molecule has 0 aliphatic carbocycles. The topological polar surface area (TPSA) is 21.3 Å². The van der Waals surface area contributed by atoms with Gasteiger partial charge in [-0.2, -0.15) is 0 Å². The van der Waals surface area contributed by atoms with Crippen molar-refractivity contribution in [2.45, 2.75) is 6.54 Å². The summed E-state index contributed by atoms with van der Waals surface area (Å²) in [5.74, 6) is 0.882. The number of benzene rings is 2. The van der Waals surface area contributed by atoms with E-state index in [1.54, 1.807) is 7.11 Å². The Labute approximate surface area is 106 Å². The van der Waals surface area contributed by atoms with E-state index in [0.717, 1.165) is 22.0 Å². The van der Waals surface area contributed by atoms with Crippen molar-refractivity contribution in [3.05, 3.63) is 59.1 Å². The Morgan fingerprint density at radius 2 is 1.76 bits per heavy atom. The van der Waals surface area contributed by atoms with E-state index in [1.165, 1.54) is 0 Å². The number of ether oxygens (including phenoxy) is 1. The average molecular weight is 248 g/mol. The van der Waals surface area contributed by atoms with Crippen LogP contribution in [0.5, 0.6) is 5.75 Å². The Kier molecular flexibility index (Phi) is 3.89. The molecule has 0 fully saturated rings. The molecule has 3 heteroatoms. The molecule has 0 saturated heterocycles. The van der Waals surface area contributed by atoms with E-state index in [0.29, 0.717) is 6.54 Å². The second kappa shape index (κ2) is 5.60. The number of anilines is 1. The molecule has 0 amide bonds. The number of nitrogens with one attached hydrogen (secondary N) is 1. The number of hydrogen-bond donors (Lipinski definition) is 1. The summed E-state index contributed by atoms with van der Waals surface area (Å²) in [4.78, 5) is 0. The molecule has 0 unspecified atom stereocenters. The molecular formula is C14H14ClNO. The van der Waals surface area contributed by atoms with Crippen molar-refractivity contribution in [3.8, 4) is 5.75 Å². The van der Waals surface area contributed by atoms with E-state index < -0.39 is 0 Å². The molecule has 0 saturated carbocycles. The van der Waals surface area contributed by atoms with Gasteiger partial charge in [-0.05, 0) is 18.2 Å². The predicted molar refractivity (Wildman–Crippen MR) is 71.8 cm³/mol. The summed E-state index contributed by atoms with van der Waals surface area (Å²) < 4.78 is 5.29. The smallest absolute Gasteiger partial charge is 0.123 e. The lowest BCUT2D eigenvalue weighted by Gasteiger charge is -2.11. The van der Waals surface area contributed by atoms with Crippen LogP contribution in [0.1, 0.15) is 5.56 Å². The van der Waals surface area contributed by atoms with Crippen LogP contribution in [0.4, 0.5) is 5.69 Å². The van der Waals surface area contributed by atoms with Gasteiger partial charge in [0.25, 0.3) is 0 Å². The highest BCUT2D eigenvalue weighted by atomic mass is 35.5. The summed E-state index contributed by atoms with van der Waals surface area (Å²) in [6.07, 6.45) is 0. The molecule has 17 heavy (non-hydrogen) atoms. The predicted octanol–water partition coefficient (Wildman–Crippen LogP) is 3.96. The number of hydrogen-bond acceptors (Lipinski definition) is 2. The molecule has 0 heterocycles. The van der Waals surface area contributed by atoms with Gasteiger partial charge in [0.1, 0.15) is 5.75 Å². The highest BCUT2D eigenvalue weighted by Crippen LogP contribution is 2.23. The molecule has 0 bridgehead atoms. The van der Waals surface area contributed by atoms with Crippen LogP contribution in [0.3, 0.4) is 0 Å². The van der Waals surface area contributed by atoms with Gasteiger partial charge in [-0.3, -0.25) is 0 Å². The highest BCUT2D eigenvalue weighted by Gasteiger charge is 2.02. The molecule has 1 N–H and O–H groups in total. The normalized spacial score (nSPS) is 10.0. The largest absolute Gasteiger partial charge is 0.496 e. The quantitative estimate of drug-likeness (QED) is 0.883. The molecular weight excluding hydrogens is 234 g/mol. The molecule has 0 aliphatic rings. The first-order valence-electron chi connectivity index (χ1n) is 5.41. The first-order valence-corrected chi connectivity index (χ1v) is 5.79. The third-order valence-electron chi connectivity index (χ3n) is 2.54. The molecule has 0 atom stereocenters. The zero-order valence-corrected chi connectivity index (χ0v) is 10.4. The van der Waals surface area contributed by atoms with E-state index in [4.69, 9.17) is 16.3 Å². The van der Waals surface area contributed by atoms with Gasteiger partial charge in [-0.25, -0.2) is 0 Å². The van der Waals surface area contributed by atoms with Gasteiger partial charge in [0, 0.05) is 12.1 Å². The van der Waals surface area contributed by atoms with Crippen LogP contribution in [-0.2, 0) is 6.54 Å². The van der Waals surface area contributed by atoms with E-state index in [1.807, 2.05) is 48.5 Å². The maximum Gasteiger partial charge on any atom is 0.123 e.